The summed E-state index contributed by atoms with van der Waals surface area (Å²) in [5.74, 6) is -0.396. The molecule has 2 aromatic carbocycles. The third-order valence-electron chi connectivity index (χ3n) is 4.35. The standard InChI is InChI=1S/C19H21Cl2N3O5S/c1-28-12-19(25)22-17-11-14(3-5-18(17)24-6-8-29-9-7-24)30(26,27)23-16-10-13(20)2-4-15(16)21/h2-5,10-11,23H,6-9,12H2,1H3,(H,22,25). The quantitative estimate of drug-likeness (QED) is 0.640. The van der Waals surface area contributed by atoms with E-state index in [4.69, 9.17) is 32.7 Å². The molecule has 0 aromatic heterocycles. The fourth-order valence-electron chi connectivity index (χ4n) is 2.96. The summed E-state index contributed by atoms with van der Waals surface area (Å²) >= 11 is 12.0. The van der Waals surface area contributed by atoms with Crippen LogP contribution in [0.5, 0.6) is 0 Å². The summed E-state index contributed by atoms with van der Waals surface area (Å²) in [6.07, 6.45) is 0. The first-order chi connectivity index (χ1) is 14.3. The van der Waals surface area contributed by atoms with Crippen LogP contribution in [0.25, 0.3) is 0 Å². The van der Waals surface area contributed by atoms with E-state index >= 15 is 0 Å². The smallest absolute Gasteiger partial charge is 0.262 e. The predicted octanol–water partition coefficient (Wildman–Crippen LogP) is 3.22. The molecule has 0 saturated carbocycles. The topological polar surface area (TPSA) is 97.0 Å². The number of rotatable bonds is 7. The van der Waals surface area contributed by atoms with Crippen molar-refractivity contribution in [1.29, 1.82) is 0 Å². The lowest BCUT2D eigenvalue weighted by Gasteiger charge is -2.30. The van der Waals surface area contributed by atoms with E-state index in [1.807, 2.05) is 4.90 Å². The number of halogens is 2. The molecule has 0 spiro atoms. The number of anilines is 3. The third-order valence-corrected chi connectivity index (χ3v) is 6.28. The van der Waals surface area contributed by atoms with Crippen molar-refractivity contribution < 1.29 is 22.7 Å². The number of methoxy groups -OCH3 is 1. The van der Waals surface area contributed by atoms with E-state index in [0.29, 0.717) is 42.7 Å². The van der Waals surface area contributed by atoms with Crippen LogP contribution >= 0.6 is 23.2 Å². The Morgan fingerprint density at radius 1 is 1.13 bits per heavy atom. The Morgan fingerprint density at radius 3 is 2.57 bits per heavy atom. The minimum atomic E-state index is -3.99. The number of hydrogen-bond donors (Lipinski definition) is 2. The minimum Gasteiger partial charge on any atom is -0.378 e. The number of hydrogen-bond acceptors (Lipinski definition) is 6. The molecule has 1 heterocycles. The van der Waals surface area contributed by atoms with Gasteiger partial charge in [0.1, 0.15) is 6.61 Å². The highest BCUT2D eigenvalue weighted by Gasteiger charge is 2.22. The van der Waals surface area contributed by atoms with E-state index in [-0.39, 0.29) is 22.2 Å². The van der Waals surface area contributed by atoms with Crippen LogP contribution in [0.4, 0.5) is 17.1 Å². The van der Waals surface area contributed by atoms with Crippen molar-refractivity contribution in [1.82, 2.24) is 0 Å². The summed E-state index contributed by atoms with van der Waals surface area (Å²) in [6, 6.07) is 9.01. The second kappa shape index (κ2) is 9.84. The van der Waals surface area contributed by atoms with Gasteiger partial charge in [0.05, 0.1) is 40.2 Å². The van der Waals surface area contributed by atoms with Gasteiger partial charge >= 0.3 is 0 Å². The maximum Gasteiger partial charge on any atom is 0.262 e. The van der Waals surface area contributed by atoms with E-state index in [0.717, 1.165) is 0 Å². The molecule has 0 unspecified atom stereocenters. The Hall–Kier alpha value is -2.04. The molecule has 2 N–H and O–H groups in total. The maximum atomic E-state index is 12.9. The molecular weight excluding hydrogens is 453 g/mol. The number of ether oxygens (including phenoxy) is 2. The molecule has 0 atom stereocenters. The molecule has 1 aliphatic heterocycles. The number of carbonyl (C=O) groups excluding carboxylic acids is 1. The van der Waals surface area contributed by atoms with Crippen LogP contribution in [-0.4, -0.2) is 54.3 Å². The number of amides is 1. The van der Waals surface area contributed by atoms with Crippen molar-refractivity contribution in [3.8, 4) is 0 Å². The molecular formula is C19H21Cl2N3O5S. The van der Waals surface area contributed by atoms with Crippen molar-refractivity contribution in [3.63, 3.8) is 0 Å². The number of morpholine rings is 1. The van der Waals surface area contributed by atoms with Gasteiger partial charge in [-0.25, -0.2) is 8.42 Å². The highest BCUT2D eigenvalue weighted by atomic mass is 35.5. The summed E-state index contributed by atoms with van der Waals surface area (Å²) in [4.78, 5) is 14.1. The van der Waals surface area contributed by atoms with Gasteiger partial charge in [0.15, 0.2) is 0 Å². The zero-order chi connectivity index (χ0) is 21.7. The van der Waals surface area contributed by atoms with Gasteiger partial charge in [-0.15, -0.1) is 0 Å². The Labute approximate surface area is 185 Å². The lowest BCUT2D eigenvalue weighted by atomic mass is 10.2. The molecule has 1 aliphatic rings. The van der Waals surface area contributed by atoms with Gasteiger partial charge in [0.2, 0.25) is 5.91 Å². The van der Waals surface area contributed by atoms with Crippen LogP contribution in [0, 0.1) is 0 Å². The molecule has 0 radical (unpaired) electrons. The van der Waals surface area contributed by atoms with Gasteiger partial charge < -0.3 is 19.7 Å². The van der Waals surface area contributed by atoms with Gasteiger partial charge in [0.25, 0.3) is 10.0 Å². The van der Waals surface area contributed by atoms with E-state index in [1.165, 1.54) is 31.4 Å². The summed E-state index contributed by atoms with van der Waals surface area (Å²) in [5, 5.41) is 3.27. The predicted molar refractivity (Wildman–Crippen MR) is 117 cm³/mol. The van der Waals surface area contributed by atoms with Crippen molar-refractivity contribution in [3.05, 3.63) is 46.4 Å². The SMILES string of the molecule is COCC(=O)Nc1cc(S(=O)(=O)Nc2cc(Cl)ccc2Cl)ccc1N1CCOCC1. The van der Waals surface area contributed by atoms with Crippen LogP contribution in [-0.2, 0) is 24.3 Å². The largest absolute Gasteiger partial charge is 0.378 e. The van der Waals surface area contributed by atoms with Crippen LogP contribution in [0.1, 0.15) is 0 Å². The second-order valence-corrected chi connectivity index (χ2v) is 9.02. The Morgan fingerprint density at radius 2 is 1.87 bits per heavy atom. The normalized spacial score (nSPS) is 14.4. The number of nitrogens with zero attached hydrogens (tertiary/aromatic N) is 1. The average Bonchev–Trinajstić information content (AvgIpc) is 2.71. The first-order valence-electron chi connectivity index (χ1n) is 9.03. The van der Waals surface area contributed by atoms with Crippen LogP contribution < -0.4 is 14.9 Å². The first kappa shape index (κ1) is 22.6. The van der Waals surface area contributed by atoms with Crippen molar-refractivity contribution in [2.75, 3.05) is 55.0 Å². The molecule has 1 saturated heterocycles. The molecule has 8 nitrogen and oxygen atoms in total. The number of nitrogens with one attached hydrogen (secondary N) is 2. The Kier molecular flexibility index (Phi) is 7.43. The van der Waals surface area contributed by atoms with Gasteiger partial charge in [-0.3, -0.25) is 9.52 Å². The molecule has 0 bridgehead atoms. The molecule has 1 amide bonds. The van der Waals surface area contributed by atoms with Crippen LogP contribution in [0.3, 0.4) is 0 Å². The van der Waals surface area contributed by atoms with Gasteiger partial charge in [0, 0.05) is 25.2 Å². The highest BCUT2D eigenvalue weighted by molar-refractivity contribution is 7.92. The van der Waals surface area contributed by atoms with Crippen molar-refractivity contribution >= 4 is 56.2 Å². The fourth-order valence-corrected chi connectivity index (χ4v) is 4.45. The maximum absolute atomic E-state index is 12.9. The second-order valence-electron chi connectivity index (χ2n) is 6.49. The zero-order valence-corrected chi connectivity index (χ0v) is 18.5. The van der Waals surface area contributed by atoms with Gasteiger partial charge in [-0.2, -0.15) is 0 Å². The number of carbonyl (C=O) groups is 1. The lowest BCUT2D eigenvalue weighted by molar-refractivity contribution is -0.119. The molecule has 2 aromatic rings. The molecule has 0 aliphatic carbocycles. The van der Waals surface area contributed by atoms with Crippen molar-refractivity contribution in [2.45, 2.75) is 4.90 Å². The molecule has 1 fully saturated rings. The molecule has 30 heavy (non-hydrogen) atoms. The van der Waals surface area contributed by atoms with Crippen molar-refractivity contribution in [2.24, 2.45) is 0 Å². The average molecular weight is 474 g/mol. The monoisotopic (exact) mass is 473 g/mol. The van der Waals surface area contributed by atoms with E-state index in [2.05, 4.69) is 10.0 Å². The van der Waals surface area contributed by atoms with Crippen LogP contribution in [0.2, 0.25) is 10.0 Å². The van der Waals surface area contributed by atoms with Crippen LogP contribution in [0.15, 0.2) is 41.3 Å². The van der Waals surface area contributed by atoms with Gasteiger partial charge in [-0.05, 0) is 36.4 Å². The number of sulfonamides is 1. The van der Waals surface area contributed by atoms with E-state index < -0.39 is 15.9 Å². The zero-order valence-electron chi connectivity index (χ0n) is 16.2. The molecule has 3 rings (SSSR count). The van der Waals surface area contributed by atoms with Gasteiger partial charge in [-0.1, -0.05) is 23.2 Å². The molecule has 11 heteroatoms. The fraction of sp³-hybridized carbons (Fsp3) is 0.316. The van der Waals surface area contributed by atoms with E-state index in [1.54, 1.807) is 12.1 Å². The number of benzene rings is 2. The Balaban J connectivity index is 1.95. The summed E-state index contributed by atoms with van der Waals surface area (Å²) in [6.45, 7) is 2.17. The molecule has 162 valence electrons. The summed E-state index contributed by atoms with van der Waals surface area (Å²) < 4.78 is 38.5. The summed E-state index contributed by atoms with van der Waals surface area (Å²) in [5.41, 5.74) is 1.22. The van der Waals surface area contributed by atoms with E-state index in [9.17, 15) is 13.2 Å². The third kappa shape index (κ3) is 5.55. The highest BCUT2D eigenvalue weighted by Crippen LogP contribution is 2.32. The minimum absolute atomic E-state index is 0.0386. The first-order valence-corrected chi connectivity index (χ1v) is 11.3. The lowest BCUT2D eigenvalue weighted by Crippen LogP contribution is -2.37. The Bertz CT molecular complexity index is 1030. The summed E-state index contributed by atoms with van der Waals surface area (Å²) in [7, 11) is -2.58.